The Bertz CT molecular complexity index is 875. The van der Waals surface area contributed by atoms with Crippen molar-refractivity contribution in [2.45, 2.75) is 19.9 Å². The maximum Gasteiger partial charge on any atom is 0.171 e. The number of fused-ring (bicyclic) bond motifs is 1. The lowest BCUT2D eigenvalue weighted by molar-refractivity contribution is 0.478. The molecule has 2 aromatic carbocycles. The van der Waals surface area contributed by atoms with Crippen LogP contribution in [0.1, 0.15) is 13.8 Å². The lowest BCUT2D eigenvalue weighted by Crippen LogP contribution is -2.33. The summed E-state index contributed by atoms with van der Waals surface area (Å²) in [4.78, 5) is 4.62. The van der Waals surface area contributed by atoms with Crippen LogP contribution in [0.2, 0.25) is 5.02 Å². The van der Waals surface area contributed by atoms with Crippen LogP contribution < -0.4 is 10.6 Å². The van der Waals surface area contributed by atoms with E-state index in [4.69, 9.17) is 23.8 Å². The zero-order valence-corrected chi connectivity index (χ0v) is 15.5. The second-order valence-corrected chi connectivity index (χ2v) is 7.44. The van der Waals surface area contributed by atoms with E-state index in [9.17, 15) is 5.11 Å². The molecule has 0 saturated heterocycles. The van der Waals surface area contributed by atoms with Gasteiger partial charge in [-0.1, -0.05) is 23.7 Å². The molecular weight excluding hydrogens is 362 g/mol. The second-order valence-electron chi connectivity index (χ2n) is 5.59. The van der Waals surface area contributed by atoms with Gasteiger partial charge in [-0.25, -0.2) is 4.98 Å². The van der Waals surface area contributed by atoms with Crippen molar-refractivity contribution in [2.24, 2.45) is 0 Å². The van der Waals surface area contributed by atoms with Crippen molar-refractivity contribution in [1.29, 1.82) is 0 Å². The standard InChI is InChI=1S/C17H16ClN3OS2/c1-9(2)19-17(23)21-13-8-10(7-11(18)15(13)22)16-20-12-5-3-4-6-14(12)24-16/h3-9,22H,1-2H3,(H2,19,21,23). The average molecular weight is 378 g/mol. The lowest BCUT2D eigenvalue weighted by Gasteiger charge is -2.15. The first kappa shape index (κ1) is 17.0. The monoisotopic (exact) mass is 377 g/mol. The zero-order chi connectivity index (χ0) is 17.3. The molecule has 0 aliphatic carbocycles. The number of nitrogens with one attached hydrogen (secondary N) is 2. The first-order chi connectivity index (χ1) is 11.4. The van der Waals surface area contributed by atoms with Gasteiger partial charge in [0.15, 0.2) is 10.9 Å². The van der Waals surface area contributed by atoms with Crippen molar-refractivity contribution in [3.05, 3.63) is 41.4 Å². The minimum atomic E-state index is -0.0329. The molecule has 0 unspecified atom stereocenters. The van der Waals surface area contributed by atoms with Gasteiger partial charge in [0.2, 0.25) is 0 Å². The first-order valence-corrected chi connectivity index (χ1v) is 9.00. The Morgan fingerprint density at radius 1 is 1.29 bits per heavy atom. The van der Waals surface area contributed by atoms with Crippen molar-refractivity contribution < 1.29 is 5.11 Å². The highest BCUT2D eigenvalue weighted by Gasteiger charge is 2.14. The van der Waals surface area contributed by atoms with E-state index in [0.29, 0.717) is 10.8 Å². The number of nitrogens with zero attached hydrogens (tertiary/aromatic N) is 1. The molecule has 24 heavy (non-hydrogen) atoms. The van der Waals surface area contributed by atoms with Gasteiger partial charge in [-0.15, -0.1) is 11.3 Å². The van der Waals surface area contributed by atoms with Crippen molar-refractivity contribution in [1.82, 2.24) is 10.3 Å². The molecule has 3 rings (SSSR count). The van der Waals surface area contributed by atoms with Crippen LogP contribution in [0.5, 0.6) is 5.75 Å². The number of thiocarbonyl (C=S) groups is 1. The van der Waals surface area contributed by atoms with Crippen LogP contribution in [0.3, 0.4) is 0 Å². The summed E-state index contributed by atoms with van der Waals surface area (Å²) in [5.41, 5.74) is 2.22. The van der Waals surface area contributed by atoms with Crippen molar-refractivity contribution in [3.63, 3.8) is 0 Å². The summed E-state index contributed by atoms with van der Waals surface area (Å²) in [6.07, 6.45) is 0. The molecule has 0 aliphatic rings. The summed E-state index contributed by atoms with van der Waals surface area (Å²) < 4.78 is 1.10. The number of phenolic OH excluding ortho intramolecular Hbond substituents is 1. The number of rotatable bonds is 3. The van der Waals surface area contributed by atoms with Gasteiger partial charge in [0.1, 0.15) is 5.01 Å². The van der Waals surface area contributed by atoms with Gasteiger partial charge in [0.05, 0.1) is 20.9 Å². The molecular formula is C17H16ClN3OS2. The second kappa shape index (κ2) is 6.93. The van der Waals surface area contributed by atoms with Gasteiger partial charge >= 0.3 is 0 Å². The van der Waals surface area contributed by atoms with Gasteiger partial charge < -0.3 is 15.7 Å². The summed E-state index contributed by atoms with van der Waals surface area (Å²) >= 11 is 13.0. The highest BCUT2D eigenvalue weighted by atomic mass is 35.5. The first-order valence-electron chi connectivity index (χ1n) is 7.40. The summed E-state index contributed by atoms with van der Waals surface area (Å²) in [5.74, 6) is -0.0329. The van der Waals surface area contributed by atoms with Crippen LogP contribution in [0.4, 0.5) is 5.69 Å². The van der Waals surface area contributed by atoms with Gasteiger partial charge in [-0.2, -0.15) is 0 Å². The molecule has 124 valence electrons. The quantitative estimate of drug-likeness (QED) is 0.442. The number of aromatic nitrogens is 1. The highest BCUT2D eigenvalue weighted by molar-refractivity contribution is 7.80. The Balaban J connectivity index is 1.98. The molecule has 7 heteroatoms. The molecule has 0 aliphatic heterocycles. The zero-order valence-electron chi connectivity index (χ0n) is 13.1. The Morgan fingerprint density at radius 3 is 2.75 bits per heavy atom. The minimum Gasteiger partial charge on any atom is -0.504 e. The van der Waals surface area contributed by atoms with E-state index in [0.717, 1.165) is 20.8 Å². The number of thiazole rings is 1. The van der Waals surface area contributed by atoms with Crippen LogP contribution in [-0.4, -0.2) is 21.2 Å². The van der Waals surface area contributed by atoms with Gasteiger partial charge in [-0.3, -0.25) is 0 Å². The lowest BCUT2D eigenvalue weighted by atomic mass is 10.2. The van der Waals surface area contributed by atoms with E-state index in [-0.39, 0.29) is 16.8 Å². The number of anilines is 1. The Labute approximate surface area is 154 Å². The maximum atomic E-state index is 10.2. The fraction of sp³-hybridized carbons (Fsp3) is 0.176. The van der Waals surface area contributed by atoms with Crippen LogP contribution in [0.25, 0.3) is 20.8 Å². The van der Waals surface area contributed by atoms with Crippen molar-refractivity contribution >= 4 is 56.2 Å². The van der Waals surface area contributed by atoms with E-state index in [1.807, 2.05) is 38.1 Å². The van der Waals surface area contributed by atoms with Gasteiger partial charge in [0.25, 0.3) is 0 Å². The predicted octanol–water partition coefficient (Wildman–Crippen LogP) is 5.02. The molecule has 1 aromatic heterocycles. The fourth-order valence-corrected chi connectivity index (χ4v) is 3.75. The highest BCUT2D eigenvalue weighted by Crippen LogP contribution is 2.39. The number of hydrogen-bond donors (Lipinski definition) is 3. The largest absolute Gasteiger partial charge is 0.504 e. The number of phenols is 1. The number of halogens is 1. The van der Waals surface area contributed by atoms with Crippen molar-refractivity contribution in [2.75, 3.05) is 5.32 Å². The smallest absolute Gasteiger partial charge is 0.171 e. The third-order valence-electron chi connectivity index (χ3n) is 3.27. The van der Waals surface area contributed by atoms with E-state index >= 15 is 0 Å². The minimum absolute atomic E-state index is 0.0329. The Hall–Kier alpha value is -1.89. The molecule has 0 saturated carbocycles. The number of benzene rings is 2. The van der Waals surface area contributed by atoms with Crippen LogP contribution >= 0.6 is 35.2 Å². The predicted molar refractivity (Wildman–Crippen MR) is 106 cm³/mol. The summed E-state index contributed by atoms with van der Waals surface area (Å²) in [6, 6.07) is 11.6. The van der Waals surface area contributed by atoms with Crippen LogP contribution in [-0.2, 0) is 0 Å². The van der Waals surface area contributed by atoms with Crippen LogP contribution in [0.15, 0.2) is 36.4 Å². The number of hydrogen-bond acceptors (Lipinski definition) is 4. The molecule has 0 radical (unpaired) electrons. The summed E-state index contributed by atoms with van der Waals surface area (Å²) in [7, 11) is 0. The normalized spacial score (nSPS) is 11.0. The fourth-order valence-electron chi connectivity index (χ4n) is 2.23. The van der Waals surface area contributed by atoms with E-state index in [2.05, 4.69) is 15.6 Å². The van der Waals surface area contributed by atoms with E-state index in [1.54, 1.807) is 23.5 Å². The maximum absolute atomic E-state index is 10.2. The molecule has 0 amide bonds. The third kappa shape index (κ3) is 3.61. The molecule has 1 heterocycles. The van der Waals surface area contributed by atoms with E-state index < -0.39 is 0 Å². The molecule has 4 nitrogen and oxygen atoms in total. The topological polar surface area (TPSA) is 57.2 Å². The molecule has 0 fully saturated rings. The molecule has 3 aromatic rings. The summed E-state index contributed by atoms with van der Waals surface area (Å²) in [6.45, 7) is 3.97. The van der Waals surface area contributed by atoms with Gasteiger partial charge in [-0.05, 0) is 50.3 Å². The SMILES string of the molecule is CC(C)NC(=S)Nc1cc(-c2nc3ccccc3s2)cc(Cl)c1O. The molecule has 3 N–H and O–H groups in total. The Morgan fingerprint density at radius 2 is 2.04 bits per heavy atom. The number of para-hydroxylation sites is 1. The molecule has 0 bridgehead atoms. The summed E-state index contributed by atoms with van der Waals surface area (Å²) in [5, 5.41) is 17.8. The average Bonchev–Trinajstić information content (AvgIpc) is 2.94. The van der Waals surface area contributed by atoms with Gasteiger partial charge in [0, 0.05) is 11.6 Å². The Kier molecular flexibility index (Phi) is 4.89. The third-order valence-corrected chi connectivity index (χ3v) is 4.87. The molecule has 0 atom stereocenters. The van der Waals surface area contributed by atoms with Crippen molar-refractivity contribution in [3.8, 4) is 16.3 Å². The van der Waals surface area contributed by atoms with Crippen LogP contribution in [0, 0.1) is 0 Å². The van der Waals surface area contributed by atoms with E-state index in [1.165, 1.54) is 0 Å². The molecule has 0 spiro atoms. The number of aromatic hydroxyl groups is 1.